The first-order chi connectivity index (χ1) is 11.7. The fraction of sp³-hybridized carbons (Fsp3) is 0.615. The van der Waals surface area contributed by atoms with Crippen LogP contribution in [-0.2, 0) is 18.8 Å². The van der Waals surface area contributed by atoms with Crippen molar-refractivity contribution in [2.45, 2.75) is 26.0 Å². The third-order valence-corrected chi connectivity index (χ3v) is 3.62. The third-order valence-electron chi connectivity index (χ3n) is 2.94. The summed E-state index contributed by atoms with van der Waals surface area (Å²) >= 11 is 0. The molecule has 1 atom stereocenters. The van der Waals surface area contributed by atoms with Crippen molar-refractivity contribution in [1.29, 1.82) is 0 Å². The monoisotopic (exact) mass is 358 g/mol. The van der Waals surface area contributed by atoms with Gasteiger partial charge in [-0.1, -0.05) is 4.57 Å². The number of hydrogen-bond acceptors (Lipinski definition) is 9. The van der Waals surface area contributed by atoms with Crippen molar-refractivity contribution in [2.24, 2.45) is 0 Å². The standard InChI is InChI=1S/C13H20N5O5P/c1-3-20-13(24-19,21-4-2)22-6-5-7-23-18-9-17-10-11(14)15-8-16-12(10)18/h8-9H,3-7H2,1-2H3,(H2,14,15,16)/p+1. The lowest BCUT2D eigenvalue weighted by Crippen LogP contribution is -2.34. The van der Waals surface area contributed by atoms with Crippen LogP contribution in [0, 0.1) is 0 Å². The summed E-state index contributed by atoms with van der Waals surface area (Å²) in [5.41, 5.74) is 5.17. The summed E-state index contributed by atoms with van der Waals surface area (Å²) in [5, 5.41) is 0. The van der Waals surface area contributed by atoms with Crippen molar-refractivity contribution in [3.63, 3.8) is 0 Å². The molecule has 10 nitrogen and oxygen atoms in total. The fourth-order valence-electron chi connectivity index (χ4n) is 1.95. The zero-order valence-corrected chi connectivity index (χ0v) is 14.6. The van der Waals surface area contributed by atoms with Gasteiger partial charge >= 0.3 is 14.2 Å². The number of anilines is 1. The van der Waals surface area contributed by atoms with Gasteiger partial charge in [0.15, 0.2) is 11.3 Å². The molecule has 0 aromatic carbocycles. The number of nitrogens with zero attached hydrogens (tertiary/aromatic N) is 4. The normalized spacial score (nSPS) is 12.1. The van der Waals surface area contributed by atoms with Crippen LogP contribution in [0.3, 0.4) is 0 Å². The van der Waals surface area contributed by atoms with E-state index in [1.54, 1.807) is 13.8 Å². The summed E-state index contributed by atoms with van der Waals surface area (Å²) in [6.45, 7) is 4.78. The van der Waals surface area contributed by atoms with Crippen molar-refractivity contribution in [3.8, 4) is 0 Å². The number of fused-ring (bicyclic) bond motifs is 1. The number of nitrogen functional groups attached to an aromatic ring is 1. The van der Waals surface area contributed by atoms with E-state index in [-0.39, 0.29) is 6.61 Å². The number of nitrogens with two attached hydrogens (primary N) is 1. The van der Waals surface area contributed by atoms with E-state index in [0.29, 0.717) is 43.2 Å². The predicted octanol–water partition coefficient (Wildman–Crippen LogP) is 0.952. The SMILES string of the molecule is CCOC(OCC)(OCCCOn1cnc2c(N)ncnc21)[PH+]=O. The number of hydrogen-bond donors (Lipinski definition) is 1. The molecule has 2 N–H and O–H groups in total. The van der Waals surface area contributed by atoms with Gasteiger partial charge in [0, 0.05) is 6.42 Å². The summed E-state index contributed by atoms with van der Waals surface area (Å²) < 4.78 is 28.9. The van der Waals surface area contributed by atoms with Gasteiger partial charge in [-0.2, -0.15) is 4.73 Å². The topological polar surface area (TPSA) is 124 Å². The molecule has 11 heteroatoms. The van der Waals surface area contributed by atoms with Gasteiger partial charge in [-0.15, -0.1) is 0 Å². The largest absolute Gasteiger partial charge is 0.496 e. The molecule has 0 saturated heterocycles. The zero-order chi connectivity index (χ0) is 17.4. The molecule has 1 unspecified atom stereocenters. The first-order valence-corrected chi connectivity index (χ1v) is 8.44. The highest BCUT2D eigenvalue weighted by Crippen LogP contribution is 2.28. The number of rotatable bonds is 11. The zero-order valence-electron chi connectivity index (χ0n) is 13.6. The van der Waals surface area contributed by atoms with Gasteiger partial charge in [0.05, 0.1) is 19.8 Å². The molecule has 0 aliphatic rings. The Labute approximate surface area is 140 Å². The van der Waals surface area contributed by atoms with Crippen LogP contribution in [0.1, 0.15) is 20.3 Å². The van der Waals surface area contributed by atoms with Crippen LogP contribution in [0.5, 0.6) is 0 Å². The molecule has 0 aliphatic heterocycles. The molecule has 0 amide bonds. The van der Waals surface area contributed by atoms with Gasteiger partial charge in [0.2, 0.25) is 5.65 Å². The fourth-order valence-corrected chi connectivity index (χ4v) is 2.52. The second-order valence-corrected chi connectivity index (χ2v) is 5.38. The summed E-state index contributed by atoms with van der Waals surface area (Å²) in [6, 6.07) is 0. The molecule has 0 radical (unpaired) electrons. The van der Waals surface area contributed by atoms with Crippen LogP contribution in [0.15, 0.2) is 12.7 Å². The quantitative estimate of drug-likeness (QED) is 0.355. The van der Waals surface area contributed by atoms with Crippen LogP contribution in [0.4, 0.5) is 5.82 Å². The summed E-state index contributed by atoms with van der Waals surface area (Å²) in [7, 11) is -0.895. The number of imidazole rings is 1. The Kier molecular flexibility index (Phi) is 6.80. The lowest BCUT2D eigenvalue weighted by molar-refractivity contribution is -0.318. The summed E-state index contributed by atoms with van der Waals surface area (Å²) in [6.07, 6.45) is 3.34. The maximum Gasteiger partial charge on any atom is 0.496 e. The first-order valence-electron chi connectivity index (χ1n) is 7.53. The van der Waals surface area contributed by atoms with Crippen LogP contribution in [0.2, 0.25) is 0 Å². The lowest BCUT2D eigenvalue weighted by atomic mass is 10.5. The molecule has 0 spiro atoms. The first kappa shape index (κ1) is 18.5. The van der Waals surface area contributed by atoms with E-state index in [1.165, 1.54) is 17.4 Å². The molecular formula is C13H21N5O5P+. The Morgan fingerprint density at radius 3 is 2.58 bits per heavy atom. The van der Waals surface area contributed by atoms with E-state index in [1.807, 2.05) is 0 Å². The summed E-state index contributed by atoms with van der Waals surface area (Å²) in [5.74, 6) is 0.292. The van der Waals surface area contributed by atoms with E-state index in [4.69, 9.17) is 24.8 Å². The second kappa shape index (κ2) is 8.84. The highest BCUT2D eigenvalue weighted by Gasteiger charge is 2.43. The maximum absolute atomic E-state index is 11.3. The Bertz CT molecular complexity index is 661. The van der Waals surface area contributed by atoms with E-state index in [9.17, 15) is 4.57 Å². The molecule has 2 aromatic rings. The average Bonchev–Trinajstić information content (AvgIpc) is 2.99. The van der Waals surface area contributed by atoms with Crippen LogP contribution in [0.25, 0.3) is 11.2 Å². The van der Waals surface area contributed by atoms with E-state index < -0.39 is 14.2 Å². The van der Waals surface area contributed by atoms with Gasteiger partial charge in [0.1, 0.15) is 19.3 Å². The Morgan fingerprint density at radius 1 is 1.17 bits per heavy atom. The molecular weight excluding hydrogens is 337 g/mol. The Hall–Kier alpha value is -1.87. The minimum atomic E-state index is -1.51. The Balaban J connectivity index is 1.83. The molecule has 2 rings (SSSR count). The molecule has 24 heavy (non-hydrogen) atoms. The minimum Gasteiger partial charge on any atom is -0.411 e. The summed E-state index contributed by atoms with van der Waals surface area (Å²) in [4.78, 5) is 17.6. The van der Waals surface area contributed by atoms with Crippen LogP contribution < -0.4 is 10.6 Å². The van der Waals surface area contributed by atoms with Crippen molar-refractivity contribution in [2.75, 3.05) is 32.2 Å². The third kappa shape index (κ3) is 4.35. The molecule has 132 valence electrons. The van der Waals surface area contributed by atoms with Gasteiger partial charge in [0.25, 0.3) is 0 Å². The van der Waals surface area contributed by atoms with E-state index >= 15 is 0 Å². The smallest absolute Gasteiger partial charge is 0.411 e. The molecule has 0 aliphatic carbocycles. The number of aromatic nitrogens is 4. The van der Waals surface area contributed by atoms with Crippen molar-refractivity contribution in [3.05, 3.63) is 12.7 Å². The second-order valence-electron chi connectivity index (χ2n) is 4.56. The minimum absolute atomic E-state index is 0.249. The van der Waals surface area contributed by atoms with Gasteiger partial charge in [-0.25, -0.2) is 15.0 Å². The van der Waals surface area contributed by atoms with E-state index in [2.05, 4.69) is 15.0 Å². The predicted molar refractivity (Wildman–Crippen MR) is 86.7 cm³/mol. The maximum atomic E-state index is 11.3. The van der Waals surface area contributed by atoms with Crippen molar-refractivity contribution >= 4 is 25.4 Å². The molecule has 2 aromatic heterocycles. The lowest BCUT2D eigenvalue weighted by Gasteiger charge is -2.19. The van der Waals surface area contributed by atoms with Gasteiger partial charge < -0.3 is 10.6 Å². The van der Waals surface area contributed by atoms with E-state index in [0.717, 1.165) is 0 Å². The van der Waals surface area contributed by atoms with Crippen molar-refractivity contribution < 1.29 is 23.6 Å². The molecule has 0 fully saturated rings. The average molecular weight is 358 g/mol. The molecule has 0 bridgehead atoms. The highest BCUT2D eigenvalue weighted by atomic mass is 31.1. The highest BCUT2D eigenvalue weighted by molar-refractivity contribution is 7.25. The van der Waals surface area contributed by atoms with Gasteiger partial charge in [-0.3, -0.25) is 14.2 Å². The van der Waals surface area contributed by atoms with Crippen LogP contribution >= 0.6 is 8.46 Å². The van der Waals surface area contributed by atoms with Gasteiger partial charge in [-0.05, 0) is 13.8 Å². The Morgan fingerprint density at radius 2 is 1.92 bits per heavy atom. The number of ether oxygens (including phenoxy) is 3. The van der Waals surface area contributed by atoms with Crippen LogP contribution in [-0.4, -0.2) is 51.8 Å². The molecule has 2 heterocycles. The molecule has 0 saturated carbocycles. The van der Waals surface area contributed by atoms with Crippen molar-refractivity contribution in [1.82, 2.24) is 19.7 Å².